The minimum atomic E-state index is -0.946. The van der Waals surface area contributed by atoms with Crippen LogP contribution >= 0.6 is 0 Å². The largest absolute Gasteiger partial charge is 0.321 e. The molecule has 1 aromatic carbocycles. The van der Waals surface area contributed by atoms with E-state index in [1.165, 1.54) is 12.4 Å². The Bertz CT molecular complexity index is 581. The molecule has 2 aromatic rings. The van der Waals surface area contributed by atoms with Gasteiger partial charge in [0.2, 0.25) is 0 Å². The Hall–Kier alpha value is -2.54. The Morgan fingerprint density at radius 2 is 1.95 bits per heavy atom. The number of pyridine rings is 1. The van der Waals surface area contributed by atoms with Gasteiger partial charge in [-0.15, -0.1) is 0 Å². The summed E-state index contributed by atoms with van der Waals surface area (Å²) in [5, 5.41) is 2.46. The quantitative estimate of drug-likeness (QED) is 0.584. The standard InChI is InChI=1S/C12H10F2N4O/c13-9-4-7(5-10(14)11(9)18-15)12(19)17-8-2-1-3-16-6-8/h1-6,18H,15H2,(H,17,19). The number of carbonyl (C=O) groups excluding carboxylic acids is 1. The summed E-state index contributed by atoms with van der Waals surface area (Å²) < 4.78 is 26.9. The molecule has 1 heterocycles. The highest BCUT2D eigenvalue weighted by Gasteiger charge is 2.14. The van der Waals surface area contributed by atoms with Crippen LogP contribution in [0.15, 0.2) is 36.7 Å². The fourth-order valence-corrected chi connectivity index (χ4v) is 1.48. The third-order valence-electron chi connectivity index (χ3n) is 2.37. The Kier molecular flexibility index (Phi) is 3.67. The first kappa shape index (κ1) is 12.9. The van der Waals surface area contributed by atoms with Gasteiger partial charge in [-0.1, -0.05) is 0 Å². The van der Waals surface area contributed by atoms with Gasteiger partial charge in [0, 0.05) is 11.8 Å². The predicted octanol–water partition coefficient (Wildman–Crippen LogP) is 1.90. The maximum absolute atomic E-state index is 13.4. The van der Waals surface area contributed by atoms with Gasteiger partial charge >= 0.3 is 0 Å². The Labute approximate surface area is 107 Å². The van der Waals surface area contributed by atoms with Gasteiger partial charge in [-0.05, 0) is 24.3 Å². The summed E-state index contributed by atoms with van der Waals surface area (Å²) in [7, 11) is 0. The second-order valence-corrected chi connectivity index (χ2v) is 3.66. The van der Waals surface area contributed by atoms with E-state index in [9.17, 15) is 13.6 Å². The van der Waals surface area contributed by atoms with E-state index >= 15 is 0 Å². The number of hydrazine groups is 1. The van der Waals surface area contributed by atoms with E-state index in [4.69, 9.17) is 5.84 Å². The summed E-state index contributed by atoms with van der Waals surface area (Å²) in [5.74, 6) is 2.43. The van der Waals surface area contributed by atoms with Gasteiger partial charge in [-0.25, -0.2) is 8.78 Å². The number of amides is 1. The molecule has 0 bridgehead atoms. The summed E-state index contributed by atoms with van der Waals surface area (Å²) in [6.07, 6.45) is 2.96. The second-order valence-electron chi connectivity index (χ2n) is 3.66. The van der Waals surface area contributed by atoms with E-state index in [1.807, 2.05) is 5.43 Å². The molecule has 1 aromatic heterocycles. The maximum atomic E-state index is 13.4. The maximum Gasteiger partial charge on any atom is 0.255 e. The Morgan fingerprint density at radius 3 is 2.47 bits per heavy atom. The van der Waals surface area contributed by atoms with Crippen LogP contribution < -0.4 is 16.6 Å². The van der Waals surface area contributed by atoms with Crippen molar-refractivity contribution < 1.29 is 13.6 Å². The monoisotopic (exact) mass is 264 g/mol. The van der Waals surface area contributed by atoms with Gasteiger partial charge in [0.05, 0.1) is 11.9 Å². The first-order valence-electron chi connectivity index (χ1n) is 5.29. The van der Waals surface area contributed by atoms with E-state index in [-0.39, 0.29) is 5.56 Å². The van der Waals surface area contributed by atoms with E-state index in [0.29, 0.717) is 5.69 Å². The molecule has 1 amide bonds. The summed E-state index contributed by atoms with van der Waals surface area (Å²) in [5.41, 5.74) is 1.67. The fraction of sp³-hybridized carbons (Fsp3) is 0. The summed E-state index contributed by atoms with van der Waals surface area (Å²) >= 11 is 0. The van der Waals surface area contributed by atoms with Crippen molar-refractivity contribution in [2.24, 2.45) is 5.84 Å². The lowest BCUT2D eigenvalue weighted by molar-refractivity contribution is 0.102. The normalized spacial score (nSPS) is 10.1. The number of carbonyl (C=O) groups is 1. The Balaban J connectivity index is 2.25. The van der Waals surface area contributed by atoms with Crippen LogP contribution in [0.4, 0.5) is 20.2 Å². The lowest BCUT2D eigenvalue weighted by Gasteiger charge is -2.08. The van der Waals surface area contributed by atoms with E-state index in [1.54, 1.807) is 12.1 Å². The summed E-state index contributed by atoms with van der Waals surface area (Å²) in [6.45, 7) is 0. The van der Waals surface area contributed by atoms with Crippen LogP contribution in [0.25, 0.3) is 0 Å². The molecule has 0 aliphatic heterocycles. The number of halogens is 2. The van der Waals surface area contributed by atoms with Crippen molar-refractivity contribution in [2.75, 3.05) is 10.7 Å². The van der Waals surface area contributed by atoms with Gasteiger partial charge in [0.25, 0.3) is 5.91 Å². The second kappa shape index (κ2) is 5.40. The predicted molar refractivity (Wildman–Crippen MR) is 66.4 cm³/mol. The lowest BCUT2D eigenvalue weighted by atomic mass is 10.1. The molecule has 0 fully saturated rings. The number of aromatic nitrogens is 1. The van der Waals surface area contributed by atoms with Crippen LogP contribution in [0.2, 0.25) is 0 Å². The number of nitrogens with one attached hydrogen (secondary N) is 2. The number of nitrogens with two attached hydrogens (primary N) is 1. The van der Waals surface area contributed by atoms with Gasteiger partial charge in [0.1, 0.15) is 5.69 Å². The Morgan fingerprint density at radius 1 is 1.26 bits per heavy atom. The summed E-state index contributed by atoms with van der Waals surface area (Å²) in [6, 6.07) is 5.01. The lowest BCUT2D eigenvalue weighted by Crippen LogP contribution is -2.15. The fourth-order valence-electron chi connectivity index (χ4n) is 1.48. The van der Waals surface area contributed by atoms with E-state index < -0.39 is 23.2 Å². The molecule has 2 rings (SSSR count). The minimum absolute atomic E-state index is 0.155. The smallest absolute Gasteiger partial charge is 0.255 e. The van der Waals surface area contributed by atoms with Gasteiger partial charge in [-0.2, -0.15) is 0 Å². The molecule has 4 N–H and O–H groups in total. The molecular formula is C12H10F2N4O. The van der Waals surface area contributed by atoms with Crippen molar-refractivity contribution in [1.82, 2.24) is 4.98 Å². The van der Waals surface area contributed by atoms with Gasteiger partial charge < -0.3 is 10.7 Å². The zero-order chi connectivity index (χ0) is 13.8. The molecule has 0 saturated heterocycles. The molecule has 0 unspecified atom stereocenters. The average molecular weight is 264 g/mol. The molecule has 0 saturated carbocycles. The number of hydrogen-bond donors (Lipinski definition) is 3. The third kappa shape index (κ3) is 2.83. The number of hydrogen-bond acceptors (Lipinski definition) is 4. The van der Waals surface area contributed by atoms with Crippen LogP contribution in [0, 0.1) is 11.6 Å². The molecular weight excluding hydrogens is 254 g/mol. The minimum Gasteiger partial charge on any atom is -0.321 e. The van der Waals surface area contributed by atoms with Crippen molar-refractivity contribution in [2.45, 2.75) is 0 Å². The molecule has 98 valence electrons. The molecule has 0 aliphatic rings. The zero-order valence-corrected chi connectivity index (χ0v) is 9.65. The van der Waals surface area contributed by atoms with Gasteiger partial charge in [-0.3, -0.25) is 15.6 Å². The number of benzene rings is 1. The number of anilines is 2. The first-order valence-corrected chi connectivity index (χ1v) is 5.29. The van der Waals surface area contributed by atoms with Crippen molar-refractivity contribution in [1.29, 1.82) is 0 Å². The SMILES string of the molecule is NNc1c(F)cc(C(=O)Nc2cccnc2)cc1F. The highest BCUT2D eigenvalue weighted by Crippen LogP contribution is 2.20. The average Bonchev–Trinajstić information content (AvgIpc) is 2.39. The van der Waals surface area contributed by atoms with Crippen molar-refractivity contribution in [3.05, 3.63) is 53.9 Å². The third-order valence-corrected chi connectivity index (χ3v) is 2.37. The molecule has 5 nitrogen and oxygen atoms in total. The zero-order valence-electron chi connectivity index (χ0n) is 9.65. The van der Waals surface area contributed by atoms with Crippen molar-refractivity contribution >= 4 is 17.3 Å². The van der Waals surface area contributed by atoms with Crippen LogP contribution in [-0.4, -0.2) is 10.9 Å². The van der Waals surface area contributed by atoms with Crippen LogP contribution in [0.3, 0.4) is 0 Å². The molecule has 19 heavy (non-hydrogen) atoms. The van der Waals surface area contributed by atoms with Crippen molar-refractivity contribution in [3.63, 3.8) is 0 Å². The topological polar surface area (TPSA) is 80.0 Å². The van der Waals surface area contributed by atoms with Gasteiger partial charge in [0.15, 0.2) is 11.6 Å². The number of rotatable bonds is 3. The number of nitrogen functional groups attached to an aromatic ring is 1. The van der Waals surface area contributed by atoms with E-state index in [0.717, 1.165) is 12.1 Å². The molecule has 0 radical (unpaired) electrons. The van der Waals surface area contributed by atoms with Crippen molar-refractivity contribution in [3.8, 4) is 0 Å². The number of nitrogens with zero attached hydrogens (tertiary/aromatic N) is 1. The van der Waals surface area contributed by atoms with Crippen LogP contribution in [-0.2, 0) is 0 Å². The summed E-state index contributed by atoms with van der Waals surface area (Å²) in [4.78, 5) is 15.6. The highest BCUT2D eigenvalue weighted by atomic mass is 19.1. The van der Waals surface area contributed by atoms with Crippen LogP contribution in [0.1, 0.15) is 10.4 Å². The van der Waals surface area contributed by atoms with Crippen LogP contribution in [0.5, 0.6) is 0 Å². The molecule has 0 spiro atoms. The highest BCUT2D eigenvalue weighted by molar-refractivity contribution is 6.04. The first-order chi connectivity index (χ1) is 9.11. The molecule has 0 aliphatic carbocycles. The molecule has 7 heteroatoms. The van der Waals surface area contributed by atoms with E-state index in [2.05, 4.69) is 10.3 Å². The molecule has 0 atom stereocenters.